The van der Waals surface area contributed by atoms with Crippen LogP contribution < -0.4 is 0 Å². The number of benzene rings is 1. The number of nitrogens with one attached hydrogen (secondary N) is 1. The van der Waals surface area contributed by atoms with E-state index in [1.54, 1.807) is 6.92 Å². The molecule has 0 aliphatic carbocycles. The molecule has 138 valence electrons. The molecule has 0 radical (unpaired) electrons. The van der Waals surface area contributed by atoms with E-state index in [1.165, 1.54) is 16.9 Å². The summed E-state index contributed by atoms with van der Waals surface area (Å²) >= 11 is 7.98. The number of hydrogen-bond acceptors (Lipinski definition) is 4. The highest BCUT2D eigenvalue weighted by Crippen LogP contribution is 2.39. The van der Waals surface area contributed by atoms with Crippen LogP contribution in [0.1, 0.15) is 47.4 Å². The average molecular weight is 391 g/mol. The maximum absolute atomic E-state index is 12.2. The number of ether oxygens (including phenoxy) is 1. The van der Waals surface area contributed by atoms with E-state index in [2.05, 4.69) is 29.9 Å². The van der Waals surface area contributed by atoms with Gasteiger partial charge in [0.25, 0.3) is 0 Å². The minimum absolute atomic E-state index is 0.309. The van der Waals surface area contributed by atoms with E-state index in [0.717, 1.165) is 38.6 Å². The van der Waals surface area contributed by atoms with E-state index in [0.29, 0.717) is 23.1 Å². The lowest BCUT2D eigenvalue weighted by Crippen LogP contribution is -2.03. The SMILES string of the molecule is CCOC(=O)c1sc(-c2ccc3[nH]c(C)c(Cl)c3c2CC(C)C)nc1C. The van der Waals surface area contributed by atoms with Gasteiger partial charge in [0.15, 0.2) is 0 Å². The number of H-pyrrole nitrogens is 1. The molecule has 0 unspecified atom stereocenters. The molecular formula is C20H23ClN2O2S. The molecule has 2 heterocycles. The fourth-order valence-corrected chi connectivity index (χ4v) is 4.44. The van der Waals surface area contributed by atoms with Gasteiger partial charge in [-0.25, -0.2) is 9.78 Å². The Morgan fingerprint density at radius 3 is 2.73 bits per heavy atom. The normalized spacial score (nSPS) is 11.5. The van der Waals surface area contributed by atoms with E-state index in [1.807, 2.05) is 19.9 Å². The molecule has 0 spiro atoms. The summed E-state index contributed by atoms with van der Waals surface area (Å²) in [5.41, 5.74) is 4.92. The van der Waals surface area contributed by atoms with Crippen molar-refractivity contribution >= 4 is 39.8 Å². The zero-order valence-corrected chi connectivity index (χ0v) is 17.3. The Kier molecular flexibility index (Phi) is 5.39. The first-order chi connectivity index (χ1) is 12.3. The number of halogens is 1. The summed E-state index contributed by atoms with van der Waals surface area (Å²) in [5, 5.41) is 2.65. The van der Waals surface area contributed by atoms with Gasteiger partial charge < -0.3 is 9.72 Å². The Morgan fingerprint density at radius 2 is 2.08 bits per heavy atom. The van der Waals surface area contributed by atoms with Crippen molar-refractivity contribution in [2.45, 2.75) is 41.0 Å². The van der Waals surface area contributed by atoms with E-state index in [9.17, 15) is 4.79 Å². The summed E-state index contributed by atoms with van der Waals surface area (Å²) in [6.45, 7) is 10.4. The summed E-state index contributed by atoms with van der Waals surface area (Å²) in [4.78, 5) is 20.7. The summed E-state index contributed by atoms with van der Waals surface area (Å²) in [6.07, 6.45) is 0.886. The topological polar surface area (TPSA) is 55.0 Å². The molecule has 4 nitrogen and oxygen atoms in total. The summed E-state index contributed by atoms with van der Waals surface area (Å²) in [6, 6.07) is 4.10. The van der Waals surface area contributed by atoms with Crippen LogP contribution in [-0.2, 0) is 11.2 Å². The van der Waals surface area contributed by atoms with Crippen molar-refractivity contribution in [3.63, 3.8) is 0 Å². The second-order valence-corrected chi connectivity index (χ2v) is 8.21. The number of rotatable bonds is 5. The van der Waals surface area contributed by atoms with Gasteiger partial charge in [0.2, 0.25) is 0 Å². The molecule has 3 aromatic rings. The highest BCUT2D eigenvalue weighted by Gasteiger charge is 2.22. The van der Waals surface area contributed by atoms with Gasteiger partial charge in [-0.3, -0.25) is 0 Å². The molecule has 0 bridgehead atoms. The first kappa shape index (κ1) is 18.9. The van der Waals surface area contributed by atoms with Crippen LogP contribution in [0.15, 0.2) is 12.1 Å². The van der Waals surface area contributed by atoms with Crippen molar-refractivity contribution in [2.24, 2.45) is 5.92 Å². The van der Waals surface area contributed by atoms with E-state index < -0.39 is 0 Å². The number of carbonyl (C=O) groups is 1. The molecule has 2 aromatic heterocycles. The molecule has 0 saturated carbocycles. The quantitative estimate of drug-likeness (QED) is 0.548. The van der Waals surface area contributed by atoms with Crippen molar-refractivity contribution in [1.29, 1.82) is 0 Å². The largest absolute Gasteiger partial charge is 0.462 e. The van der Waals surface area contributed by atoms with Gasteiger partial charge in [-0.15, -0.1) is 11.3 Å². The molecule has 0 saturated heterocycles. The van der Waals surface area contributed by atoms with Crippen LogP contribution in [0.5, 0.6) is 0 Å². The molecule has 0 fully saturated rings. The number of aromatic amines is 1. The fraction of sp³-hybridized carbons (Fsp3) is 0.400. The zero-order chi connectivity index (χ0) is 19.0. The van der Waals surface area contributed by atoms with Crippen LogP contribution in [-0.4, -0.2) is 22.5 Å². The standard InChI is InChI=1S/C20H23ClN2O2S/c1-6-25-20(24)18-12(5)23-19(26-18)13-7-8-15-16(14(13)9-10(2)3)17(21)11(4)22-15/h7-8,10,22H,6,9H2,1-5H3. The fourth-order valence-electron chi connectivity index (χ4n) is 3.17. The molecule has 26 heavy (non-hydrogen) atoms. The average Bonchev–Trinajstić information content (AvgIpc) is 3.08. The lowest BCUT2D eigenvalue weighted by molar-refractivity contribution is 0.0531. The number of aryl methyl sites for hydroxylation is 2. The third-order valence-corrected chi connectivity index (χ3v) is 5.93. The van der Waals surface area contributed by atoms with E-state index in [-0.39, 0.29) is 5.97 Å². The number of thiazole rings is 1. The molecule has 0 atom stereocenters. The predicted octanol–water partition coefficient (Wildman–Crippen LogP) is 5.94. The lowest BCUT2D eigenvalue weighted by atomic mass is 9.95. The first-order valence-electron chi connectivity index (χ1n) is 8.78. The smallest absolute Gasteiger partial charge is 0.350 e. The number of aromatic nitrogens is 2. The van der Waals surface area contributed by atoms with Crippen LogP contribution in [0.4, 0.5) is 0 Å². The summed E-state index contributed by atoms with van der Waals surface area (Å²) < 4.78 is 5.15. The second-order valence-electron chi connectivity index (χ2n) is 6.83. The molecule has 1 aromatic carbocycles. The van der Waals surface area contributed by atoms with Gasteiger partial charge in [-0.1, -0.05) is 25.4 Å². The zero-order valence-electron chi connectivity index (χ0n) is 15.7. The minimum Gasteiger partial charge on any atom is -0.462 e. The number of nitrogens with zero attached hydrogens (tertiary/aromatic N) is 1. The Hall–Kier alpha value is -1.85. The highest BCUT2D eigenvalue weighted by atomic mass is 35.5. The molecule has 6 heteroatoms. The van der Waals surface area contributed by atoms with Crippen molar-refractivity contribution in [1.82, 2.24) is 9.97 Å². The van der Waals surface area contributed by atoms with Crippen LogP contribution >= 0.6 is 22.9 Å². The Bertz CT molecular complexity index is 972. The number of esters is 1. The number of fused-ring (bicyclic) bond motifs is 1. The summed E-state index contributed by atoms with van der Waals surface area (Å²) in [5.74, 6) is 0.159. The van der Waals surface area contributed by atoms with Crippen LogP contribution in [0, 0.1) is 19.8 Å². The molecule has 0 amide bonds. The molecular weight excluding hydrogens is 368 g/mol. The minimum atomic E-state index is -0.309. The molecule has 3 rings (SSSR count). The first-order valence-corrected chi connectivity index (χ1v) is 9.97. The van der Waals surface area contributed by atoms with Gasteiger partial charge in [0.1, 0.15) is 9.88 Å². The van der Waals surface area contributed by atoms with Crippen LogP contribution in [0.25, 0.3) is 21.5 Å². The van der Waals surface area contributed by atoms with Crippen molar-refractivity contribution in [3.8, 4) is 10.6 Å². The van der Waals surface area contributed by atoms with Gasteiger partial charge in [-0.2, -0.15) is 0 Å². The summed E-state index contributed by atoms with van der Waals surface area (Å²) in [7, 11) is 0. The van der Waals surface area contributed by atoms with Gasteiger partial charge in [0.05, 0.1) is 17.3 Å². The number of hydrogen-bond donors (Lipinski definition) is 1. The van der Waals surface area contributed by atoms with E-state index >= 15 is 0 Å². The lowest BCUT2D eigenvalue weighted by Gasteiger charge is -2.12. The number of carbonyl (C=O) groups excluding carboxylic acids is 1. The van der Waals surface area contributed by atoms with Crippen molar-refractivity contribution in [3.05, 3.63) is 39.0 Å². The predicted molar refractivity (Wildman–Crippen MR) is 108 cm³/mol. The van der Waals surface area contributed by atoms with Crippen LogP contribution in [0.2, 0.25) is 5.02 Å². The second kappa shape index (κ2) is 7.41. The van der Waals surface area contributed by atoms with Gasteiger partial charge in [-0.05, 0) is 50.8 Å². The van der Waals surface area contributed by atoms with Crippen molar-refractivity contribution < 1.29 is 9.53 Å². The Balaban J connectivity index is 2.20. The third kappa shape index (κ3) is 3.38. The van der Waals surface area contributed by atoms with Gasteiger partial charge in [0, 0.05) is 22.2 Å². The monoisotopic (exact) mass is 390 g/mol. The van der Waals surface area contributed by atoms with Crippen molar-refractivity contribution in [2.75, 3.05) is 6.61 Å². The Labute approximate surface area is 162 Å². The highest BCUT2D eigenvalue weighted by molar-refractivity contribution is 7.17. The molecule has 0 aliphatic heterocycles. The third-order valence-electron chi connectivity index (χ3n) is 4.28. The van der Waals surface area contributed by atoms with Gasteiger partial charge >= 0.3 is 5.97 Å². The Morgan fingerprint density at radius 1 is 1.35 bits per heavy atom. The van der Waals surface area contributed by atoms with Crippen LogP contribution in [0.3, 0.4) is 0 Å². The maximum Gasteiger partial charge on any atom is 0.350 e. The molecule has 0 aliphatic rings. The van der Waals surface area contributed by atoms with E-state index in [4.69, 9.17) is 16.3 Å². The molecule has 1 N–H and O–H groups in total. The maximum atomic E-state index is 12.2.